The van der Waals surface area contributed by atoms with Crippen LogP contribution in [0.3, 0.4) is 0 Å². The Bertz CT molecular complexity index is 1130. The summed E-state index contributed by atoms with van der Waals surface area (Å²) < 4.78 is 0. The number of halogens is 1. The molecule has 7 heteroatoms. The molecular formula is C23H20ClN3O3. The standard InChI is InChI=1S/C23H20ClN3O3/c1-12-4-7-14(8-5-12)27-20(28)18-17-3-2-10-26(17)23(19(18)21(27)29)15-11-13(24)6-9-16(15)25-22(23)30/h4-9,11,17-19H,2-3,10H2,1H3,(H,25,30). The Labute approximate surface area is 178 Å². The molecule has 1 spiro atoms. The highest BCUT2D eigenvalue weighted by atomic mass is 35.5. The van der Waals surface area contributed by atoms with Gasteiger partial charge in [-0.25, -0.2) is 4.90 Å². The number of amides is 3. The van der Waals surface area contributed by atoms with Crippen molar-refractivity contribution in [3.8, 4) is 0 Å². The number of benzene rings is 2. The quantitative estimate of drug-likeness (QED) is 0.718. The fraction of sp³-hybridized carbons (Fsp3) is 0.348. The third-order valence-electron chi connectivity index (χ3n) is 7.25. The molecule has 0 saturated carbocycles. The number of hydrogen-bond acceptors (Lipinski definition) is 4. The molecule has 30 heavy (non-hydrogen) atoms. The van der Waals surface area contributed by atoms with Crippen LogP contribution in [0.15, 0.2) is 42.5 Å². The van der Waals surface area contributed by atoms with E-state index >= 15 is 0 Å². The van der Waals surface area contributed by atoms with Crippen LogP contribution in [-0.4, -0.2) is 35.2 Å². The fourth-order valence-electron chi connectivity index (χ4n) is 6.12. The monoisotopic (exact) mass is 421 g/mol. The molecule has 2 aromatic rings. The molecule has 4 aliphatic rings. The van der Waals surface area contributed by atoms with Gasteiger partial charge in [-0.3, -0.25) is 19.3 Å². The second kappa shape index (κ2) is 5.93. The maximum Gasteiger partial charge on any atom is 0.250 e. The van der Waals surface area contributed by atoms with Crippen LogP contribution in [0.4, 0.5) is 11.4 Å². The molecule has 4 unspecified atom stereocenters. The van der Waals surface area contributed by atoms with Gasteiger partial charge < -0.3 is 5.32 Å². The molecule has 4 atom stereocenters. The van der Waals surface area contributed by atoms with E-state index in [1.165, 1.54) is 4.90 Å². The summed E-state index contributed by atoms with van der Waals surface area (Å²) in [6.07, 6.45) is 1.69. The van der Waals surface area contributed by atoms with Crippen LogP contribution in [0.25, 0.3) is 0 Å². The van der Waals surface area contributed by atoms with Gasteiger partial charge in [0, 0.05) is 22.3 Å². The SMILES string of the molecule is Cc1ccc(N2C(=O)C3C4CCCN4C4(C(=O)Nc5ccc(Cl)cc54)C3C2=O)cc1. The number of carbonyl (C=O) groups excluding carboxylic acids is 3. The summed E-state index contributed by atoms with van der Waals surface area (Å²) in [7, 11) is 0. The van der Waals surface area contributed by atoms with Crippen molar-refractivity contribution in [3.05, 3.63) is 58.6 Å². The molecule has 3 amide bonds. The van der Waals surface area contributed by atoms with Crippen LogP contribution < -0.4 is 10.2 Å². The Morgan fingerprint density at radius 1 is 1.07 bits per heavy atom. The molecule has 4 aliphatic heterocycles. The number of anilines is 2. The zero-order valence-corrected chi connectivity index (χ0v) is 17.1. The number of hydrogen-bond donors (Lipinski definition) is 1. The van der Waals surface area contributed by atoms with Crippen molar-refractivity contribution in [1.29, 1.82) is 0 Å². The first-order valence-corrected chi connectivity index (χ1v) is 10.6. The Hall–Kier alpha value is -2.70. The van der Waals surface area contributed by atoms with Crippen molar-refractivity contribution in [3.63, 3.8) is 0 Å². The number of rotatable bonds is 1. The molecule has 2 aromatic carbocycles. The lowest BCUT2D eigenvalue weighted by Gasteiger charge is -2.36. The van der Waals surface area contributed by atoms with Crippen LogP contribution in [0.5, 0.6) is 0 Å². The van der Waals surface area contributed by atoms with Crippen molar-refractivity contribution in [1.82, 2.24) is 4.90 Å². The average Bonchev–Trinajstić information content (AvgIpc) is 3.42. The van der Waals surface area contributed by atoms with Crippen molar-refractivity contribution in [2.24, 2.45) is 11.8 Å². The van der Waals surface area contributed by atoms with Gasteiger partial charge in [-0.1, -0.05) is 29.3 Å². The predicted molar refractivity (Wildman–Crippen MR) is 112 cm³/mol. The number of nitrogens with zero attached hydrogens (tertiary/aromatic N) is 2. The van der Waals surface area contributed by atoms with Crippen LogP contribution in [0.1, 0.15) is 24.0 Å². The highest BCUT2D eigenvalue weighted by Gasteiger charge is 2.74. The van der Waals surface area contributed by atoms with Gasteiger partial charge in [0.15, 0.2) is 0 Å². The van der Waals surface area contributed by atoms with Crippen molar-refractivity contribution in [2.45, 2.75) is 31.3 Å². The van der Waals surface area contributed by atoms with Crippen molar-refractivity contribution < 1.29 is 14.4 Å². The van der Waals surface area contributed by atoms with E-state index in [1.807, 2.05) is 19.1 Å². The number of carbonyl (C=O) groups is 3. The van der Waals surface area contributed by atoms with E-state index in [0.717, 1.165) is 18.4 Å². The molecule has 0 aromatic heterocycles. The van der Waals surface area contributed by atoms with Crippen molar-refractivity contribution in [2.75, 3.05) is 16.8 Å². The molecule has 4 heterocycles. The van der Waals surface area contributed by atoms with Gasteiger partial charge >= 0.3 is 0 Å². The molecule has 3 fully saturated rings. The topological polar surface area (TPSA) is 69.7 Å². The van der Waals surface area contributed by atoms with Crippen LogP contribution >= 0.6 is 11.6 Å². The minimum Gasteiger partial charge on any atom is -0.324 e. The van der Waals surface area contributed by atoms with Gasteiger partial charge in [-0.05, 0) is 56.6 Å². The Morgan fingerprint density at radius 3 is 2.60 bits per heavy atom. The normalized spacial score (nSPS) is 32.0. The van der Waals surface area contributed by atoms with Crippen molar-refractivity contribution >= 4 is 40.7 Å². The van der Waals surface area contributed by atoms with Crippen LogP contribution in [0.2, 0.25) is 5.02 Å². The van der Waals surface area contributed by atoms with Gasteiger partial charge in [0.2, 0.25) is 17.7 Å². The number of fused-ring (bicyclic) bond motifs is 7. The Balaban J connectivity index is 1.56. The molecule has 152 valence electrons. The van der Waals surface area contributed by atoms with Gasteiger partial charge in [-0.15, -0.1) is 0 Å². The van der Waals surface area contributed by atoms with Gasteiger partial charge in [0.05, 0.1) is 17.5 Å². The van der Waals surface area contributed by atoms with Crippen LogP contribution in [-0.2, 0) is 19.9 Å². The molecule has 6 nitrogen and oxygen atoms in total. The Kier molecular flexibility index (Phi) is 3.58. The summed E-state index contributed by atoms with van der Waals surface area (Å²) in [5.41, 5.74) is 1.82. The number of nitrogens with one attached hydrogen (secondary N) is 1. The lowest BCUT2D eigenvalue weighted by molar-refractivity contribution is -0.135. The van der Waals surface area contributed by atoms with Crippen LogP contribution in [0, 0.1) is 18.8 Å². The number of imide groups is 1. The summed E-state index contributed by atoms with van der Waals surface area (Å²) in [6.45, 7) is 2.64. The summed E-state index contributed by atoms with van der Waals surface area (Å²) in [6, 6.07) is 12.5. The molecule has 6 rings (SSSR count). The second-order valence-electron chi connectivity index (χ2n) is 8.66. The predicted octanol–water partition coefficient (Wildman–Crippen LogP) is 3.08. The summed E-state index contributed by atoms with van der Waals surface area (Å²) in [4.78, 5) is 44.3. The fourth-order valence-corrected chi connectivity index (χ4v) is 6.30. The zero-order valence-electron chi connectivity index (χ0n) is 16.4. The first kappa shape index (κ1) is 18.1. The molecule has 0 radical (unpaired) electrons. The summed E-state index contributed by atoms with van der Waals surface area (Å²) in [5, 5.41) is 3.47. The average molecular weight is 422 g/mol. The summed E-state index contributed by atoms with van der Waals surface area (Å²) >= 11 is 6.30. The first-order valence-electron chi connectivity index (χ1n) is 10.3. The third-order valence-corrected chi connectivity index (χ3v) is 7.48. The number of aryl methyl sites for hydroxylation is 1. The maximum absolute atomic E-state index is 13.8. The van der Waals surface area contributed by atoms with E-state index in [4.69, 9.17) is 11.6 Å². The first-order chi connectivity index (χ1) is 14.4. The lowest BCUT2D eigenvalue weighted by atomic mass is 9.75. The van der Waals surface area contributed by atoms with E-state index in [1.54, 1.807) is 30.3 Å². The molecule has 0 bridgehead atoms. The minimum atomic E-state index is -1.18. The van der Waals surface area contributed by atoms with E-state index in [-0.39, 0.29) is 23.8 Å². The summed E-state index contributed by atoms with van der Waals surface area (Å²) in [5.74, 6) is -2.02. The smallest absolute Gasteiger partial charge is 0.250 e. The lowest BCUT2D eigenvalue weighted by Crippen LogP contribution is -2.54. The third kappa shape index (κ3) is 2.01. The molecular weight excluding hydrogens is 402 g/mol. The van der Waals surface area contributed by atoms with E-state index in [0.29, 0.717) is 28.5 Å². The van der Waals surface area contributed by atoms with E-state index in [9.17, 15) is 14.4 Å². The maximum atomic E-state index is 13.8. The van der Waals surface area contributed by atoms with E-state index in [2.05, 4.69) is 10.2 Å². The zero-order chi connectivity index (χ0) is 20.8. The highest BCUT2D eigenvalue weighted by Crippen LogP contribution is 2.60. The molecule has 0 aliphatic carbocycles. The molecule has 1 N–H and O–H groups in total. The molecule has 3 saturated heterocycles. The largest absolute Gasteiger partial charge is 0.324 e. The second-order valence-corrected chi connectivity index (χ2v) is 9.10. The van der Waals surface area contributed by atoms with Gasteiger partial charge in [0.1, 0.15) is 5.54 Å². The highest BCUT2D eigenvalue weighted by molar-refractivity contribution is 6.31. The van der Waals surface area contributed by atoms with E-state index < -0.39 is 17.4 Å². The Morgan fingerprint density at radius 2 is 1.83 bits per heavy atom. The van der Waals surface area contributed by atoms with Gasteiger partial charge in [-0.2, -0.15) is 0 Å². The van der Waals surface area contributed by atoms with Gasteiger partial charge in [0.25, 0.3) is 0 Å². The minimum absolute atomic E-state index is 0.127.